The zero-order valence-electron chi connectivity index (χ0n) is 19.2. The summed E-state index contributed by atoms with van der Waals surface area (Å²) < 4.78 is 45.8. The number of hydrogen-bond acceptors (Lipinski definition) is 7. The van der Waals surface area contributed by atoms with E-state index >= 15 is 0 Å². The Bertz CT molecular complexity index is 1080. The fourth-order valence-corrected chi connectivity index (χ4v) is 5.10. The highest BCUT2D eigenvalue weighted by Gasteiger charge is 2.40. The van der Waals surface area contributed by atoms with Crippen molar-refractivity contribution in [2.45, 2.75) is 50.6 Å². The lowest BCUT2D eigenvalue weighted by atomic mass is 9.86. The van der Waals surface area contributed by atoms with Crippen molar-refractivity contribution in [3.05, 3.63) is 39.7 Å². The molecule has 2 N–H and O–H groups in total. The van der Waals surface area contributed by atoms with Crippen LogP contribution >= 0.6 is 0 Å². The van der Waals surface area contributed by atoms with Crippen LogP contribution in [0.4, 0.5) is 30.4 Å². The van der Waals surface area contributed by atoms with Gasteiger partial charge in [0, 0.05) is 37.9 Å². The number of ether oxygens (including phenoxy) is 1. The molecule has 34 heavy (non-hydrogen) atoms. The van der Waals surface area contributed by atoms with Gasteiger partial charge in [0.2, 0.25) is 5.82 Å². The monoisotopic (exact) mass is 479 g/mol. The van der Waals surface area contributed by atoms with Crippen LogP contribution in [-0.2, 0) is 10.9 Å². The predicted octanol–water partition coefficient (Wildman–Crippen LogP) is 5.17. The van der Waals surface area contributed by atoms with Crippen LogP contribution in [0.15, 0.2) is 18.3 Å². The fourth-order valence-electron chi connectivity index (χ4n) is 5.10. The number of nitrogens with two attached hydrogens (primary N) is 1. The van der Waals surface area contributed by atoms with Crippen molar-refractivity contribution >= 4 is 17.2 Å². The number of aromatic nitrogens is 2. The molecule has 0 saturated heterocycles. The quantitative estimate of drug-likeness (QED) is 0.411. The van der Waals surface area contributed by atoms with E-state index in [9.17, 15) is 23.3 Å². The normalized spacial score (nSPS) is 17.7. The van der Waals surface area contributed by atoms with E-state index in [1.165, 1.54) is 12.1 Å². The van der Waals surface area contributed by atoms with Gasteiger partial charge in [-0.15, -0.1) is 0 Å². The molecule has 0 spiro atoms. The van der Waals surface area contributed by atoms with Crippen LogP contribution in [0, 0.1) is 15.5 Å². The Morgan fingerprint density at radius 1 is 1.29 bits per heavy atom. The maximum absolute atomic E-state index is 13.4. The van der Waals surface area contributed by atoms with Gasteiger partial charge in [-0.1, -0.05) is 12.8 Å². The van der Waals surface area contributed by atoms with Crippen molar-refractivity contribution < 1.29 is 22.8 Å². The van der Waals surface area contributed by atoms with E-state index < -0.39 is 16.8 Å². The highest BCUT2D eigenvalue weighted by Crippen LogP contribution is 2.47. The molecule has 0 aromatic carbocycles. The smallest absolute Gasteiger partial charge is 0.384 e. The average molecular weight is 480 g/mol. The van der Waals surface area contributed by atoms with Gasteiger partial charge in [0.25, 0.3) is 0 Å². The molecule has 2 aliphatic rings. The van der Waals surface area contributed by atoms with Gasteiger partial charge in [-0.05, 0) is 49.3 Å². The molecule has 4 rings (SSSR count). The molecule has 8 nitrogen and oxygen atoms in total. The van der Waals surface area contributed by atoms with Crippen molar-refractivity contribution in [2.75, 3.05) is 37.9 Å². The summed E-state index contributed by atoms with van der Waals surface area (Å²) in [5.41, 5.74) is 5.64. The Kier molecular flexibility index (Phi) is 6.41. The highest BCUT2D eigenvalue weighted by molar-refractivity contribution is 5.79. The maximum Gasteiger partial charge on any atom is 0.433 e. The molecule has 2 aromatic heterocycles. The summed E-state index contributed by atoms with van der Waals surface area (Å²) in [6.07, 6.45) is 1.89. The Balaban J connectivity index is 1.76. The van der Waals surface area contributed by atoms with Gasteiger partial charge in [0.05, 0.1) is 17.2 Å². The number of pyridine rings is 2. The minimum Gasteiger partial charge on any atom is -0.384 e. The van der Waals surface area contributed by atoms with Gasteiger partial charge in [-0.25, -0.2) is 4.98 Å². The van der Waals surface area contributed by atoms with Gasteiger partial charge in [-0.2, -0.15) is 13.2 Å². The molecule has 2 aromatic rings. The Morgan fingerprint density at radius 3 is 2.53 bits per heavy atom. The van der Waals surface area contributed by atoms with Crippen molar-refractivity contribution in [1.82, 2.24) is 9.97 Å². The van der Waals surface area contributed by atoms with Crippen LogP contribution in [-0.4, -0.2) is 42.2 Å². The zero-order chi connectivity index (χ0) is 24.7. The number of nitrogen functional groups attached to an aromatic ring is 1. The maximum atomic E-state index is 13.4. The third kappa shape index (κ3) is 4.79. The minimum atomic E-state index is -4.55. The number of nitrogens with zero attached hydrogens (tertiary/aromatic N) is 4. The third-order valence-electron chi connectivity index (χ3n) is 6.78. The van der Waals surface area contributed by atoms with E-state index in [4.69, 9.17) is 10.5 Å². The standard InChI is InChI=1S/C23H28F3N5O3/c1-30(12-22(13-34-2)7-3-4-8-22)18-10-17(29-21(27)19(18)31(32)33)15-9-16(14-5-6-14)20(28-11-15)23(24,25)26/h9-11,14H,3-8,12-13H2,1-2H3,(H2,27,29). The molecule has 2 saturated carbocycles. The van der Waals surface area contributed by atoms with E-state index in [1.54, 1.807) is 19.1 Å². The zero-order valence-corrected chi connectivity index (χ0v) is 19.2. The largest absolute Gasteiger partial charge is 0.433 e. The molecular weight excluding hydrogens is 451 g/mol. The highest BCUT2D eigenvalue weighted by atomic mass is 19.4. The number of rotatable bonds is 8. The number of alkyl halides is 3. The van der Waals surface area contributed by atoms with Crippen molar-refractivity contribution in [3.63, 3.8) is 0 Å². The van der Waals surface area contributed by atoms with Crippen LogP contribution in [0.25, 0.3) is 11.3 Å². The molecule has 0 unspecified atom stereocenters. The number of anilines is 2. The second kappa shape index (κ2) is 9.01. The molecule has 2 fully saturated rings. The molecule has 11 heteroatoms. The summed E-state index contributed by atoms with van der Waals surface area (Å²) in [5.74, 6) is -0.484. The Hall–Kier alpha value is -2.95. The number of hydrogen-bond donors (Lipinski definition) is 1. The lowest BCUT2D eigenvalue weighted by molar-refractivity contribution is -0.383. The first-order chi connectivity index (χ1) is 16.0. The van der Waals surface area contributed by atoms with Crippen molar-refractivity contribution in [3.8, 4) is 11.3 Å². The molecule has 0 aliphatic heterocycles. The minimum absolute atomic E-state index is 0.128. The first-order valence-electron chi connectivity index (χ1n) is 11.3. The first kappa shape index (κ1) is 24.2. The number of methoxy groups -OCH3 is 1. The van der Waals surface area contributed by atoms with Gasteiger partial charge in [-0.3, -0.25) is 15.1 Å². The molecule has 2 aliphatic carbocycles. The van der Waals surface area contributed by atoms with Crippen LogP contribution in [0.2, 0.25) is 0 Å². The summed E-state index contributed by atoms with van der Waals surface area (Å²) in [6, 6.07) is 2.96. The molecular formula is C23H28F3N5O3. The van der Waals surface area contributed by atoms with Crippen LogP contribution < -0.4 is 10.6 Å². The first-order valence-corrected chi connectivity index (χ1v) is 11.3. The number of halogens is 3. The lowest BCUT2D eigenvalue weighted by Gasteiger charge is -2.34. The van der Waals surface area contributed by atoms with E-state index in [0.29, 0.717) is 31.6 Å². The summed E-state index contributed by atoms with van der Waals surface area (Å²) >= 11 is 0. The molecule has 184 valence electrons. The summed E-state index contributed by atoms with van der Waals surface area (Å²) in [5, 5.41) is 11.8. The van der Waals surface area contributed by atoms with Crippen molar-refractivity contribution in [2.24, 2.45) is 5.41 Å². The topological polar surface area (TPSA) is 107 Å². The van der Waals surface area contributed by atoms with E-state index in [-0.39, 0.29) is 39.8 Å². The molecule has 0 amide bonds. The van der Waals surface area contributed by atoms with Crippen LogP contribution in [0.5, 0.6) is 0 Å². The van der Waals surface area contributed by atoms with E-state index in [0.717, 1.165) is 31.9 Å². The van der Waals surface area contributed by atoms with Crippen LogP contribution in [0.1, 0.15) is 55.7 Å². The fraction of sp³-hybridized carbons (Fsp3) is 0.565. The van der Waals surface area contributed by atoms with Gasteiger partial charge >= 0.3 is 11.9 Å². The summed E-state index contributed by atoms with van der Waals surface area (Å²) in [6.45, 7) is 1.05. The van der Waals surface area contributed by atoms with Gasteiger partial charge in [0.15, 0.2) is 0 Å². The second-order valence-corrected chi connectivity index (χ2v) is 9.45. The van der Waals surface area contributed by atoms with E-state index in [2.05, 4.69) is 9.97 Å². The molecule has 0 atom stereocenters. The van der Waals surface area contributed by atoms with Crippen molar-refractivity contribution in [1.29, 1.82) is 0 Å². The Labute approximate surface area is 195 Å². The molecule has 2 heterocycles. The van der Waals surface area contributed by atoms with Gasteiger partial charge < -0.3 is 15.4 Å². The third-order valence-corrected chi connectivity index (χ3v) is 6.78. The second-order valence-electron chi connectivity index (χ2n) is 9.45. The summed E-state index contributed by atoms with van der Waals surface area (Å²) in [7, 11) is 3.39. The average Bonchev–Trinajstić information content (AvgIpc) is 3.52. The number of nitro groups is 1. The summed E-state index contributed by atoms with van der Waals surface area (Å²) in [4.78, 5) is 20.9. The lowest BCUT2D eigenvalue weighted by Crippen LogP contribution is -2.37. The SMILES string of the molecule is COCC1(CN(C)c2cc(-c3cnc(C(F)(F)F)c(C4CC4)c3)nc(N)c2[N+](=O)[O-])CCCC1. The van der Waals surface area contributed by atoms with E-state index in [1.807, 2.05) is 0 Å². The molecule has 0 bridgehead atoms. The van der Waals surface area contributed by atoms with Gasteiger partial charge in [0.1, 0.15) is 11.4 Å². The predicted molar refractivity (Wildman–Crippen MR) is 122 cm³/mol. The van der Waals surface area contributed by atoms with Crippen LogP contribution in [0.3, 0.4) is 0 Å². The Morgan fingerprint density at radius 2 is 1.97 bits per heavy atom. The molecule has 0 radical (unpaired) electrons.